The van der Waals surface area contributed by atoms with Crippen LogP contribution in [-0.2, 0) is 32.6 Å². The third kappa shape index (κ3) is 9.31. The van der Waals surface area contributed by atoms with Crippen LogP contribution in [0.4, 0.5) is 5.69 Å². The molecular weight excluding hydrogens is 737 g/mol. The first kappa shape index (κ1) is 37.3. The van der Waals surface area contributed by atoms with E-state index in [1.165, 1.54) is 30.2 Å². The summed E-state index contributed by atoms with van der Waals surface area (Å²) in [7, 11) is -2.81. The molecule has 8 nitrogen and oxygen atoms in total. The summed E-state index contributed by atoms with van der Waals surface area (Å²) in [4.78, 5) is 30.0. The average molecular weight is 776 g/mol. The number of hydrogen-bond acceptors (Lipinski definition) is 5. The molecule has 0 aliphatic heterocycles. The third-order valence-electron chi connectivity index (χ3n) is 7.92. The number of hydrogen-bond donors (Lipinski definition) is 1. The minimum Gasteiger partial charge on any atom is -0.496 e. The number of carbonyl (C=O) groups is 2. The van der Waals surface area contributed by atoms with Crippen LogP contribution in [0.5, 0.6) is 5.75 Å². The highest BCUT2D eigenvalue weighted by Crippen LogP contribution is 2.31. The van der Waals surface area contributed by atoms with Crippen molar-refractivity contribution < 1.29 is 22.7 Å². The summed E-state index contributed by atoms with van der Waals surface area (Å²) in [5.41, 5.74) is 2.66. The summed E-state index contributed by atoms with van der Waals surface area (Å²) in [6.45, 7) is 5.12. The number of amides is 2. The van der Waals surface area contributed by atoms with Gasteiger partial charge in [-0.3, -0.25) is 13.9 Å². The Hall–Kier alpha value is -3.57. The molecular formula is C36H38BrCl2N3O5S. The van der Waals surface area contributed by atoms with Crippen molar-refractivity contribution in [1.29, 1.82) is 0 Å². The predicted molar refractivity (Wildman–Crippen MR) is 195 cm³/mol. The Morgan fingerprint density at radius 3 is 2.21 bits per heavy atom. The molecule has 0 unspecified atom stereocenters. The number of carbonyl (C=O) groups excluding carboxylic acids is 2. The van der Waals surface area contributed by atoms with E-state index in [0.717, 1.165) is 15.4 Å². The van der Waals surface area contributed by atoms with Crippen molar-refractivity contribution in [1.82, 2.24) is 10.2 Å². The smallest absolute Gasteiger partial charge is 0.264 e. The summed E-state index contributed by atoms with van der Waals surface area (Å²) in [5.74, 6) is -0.487. The Morgan fingerprint density at radius 1 is 0.917 bits per heavy atom. The first-order valence-corrected chi connectivity index (χ1v) is 18.3. The highest BCUT2D eigenvalue weighted by Gasteiger charge is 2.35. The van der Waals surface area contributed by atoms with Gasteiger partial charge in [0, 0.05) is 19.0 Å². The Bertz CT molecular complexity index is 1840. The maximum absolute atomic E-state index is 14.6. The van der Waals surface area contributed by atoms with Crippen LogP contribution in [0.1, 0.15) is 37.0 Å². The number of benzene rings is 4. The van der Waals surface area contributed by atoms with Gasteiger partial charge in [0.15, 0.2) is 0 Å². The second-order valence-corrected chi connectivity index (χ2v) is 15.0. The van der Waals surface area contributed by atoms with E-state index in [2.05, 4.69) is 21.2 Å². The molecule has 2 atom stereocenters. The molecule has 0 radical (unpaired) electrons. The van der Waals surface area contributed by atoms with Gasteiger partial charge in [-0.2, -0.15) is 0 Å². The first-order chi connectivity index (χ1) is 22.8. The van der Waals surface area contributed by atoms with Gasteiger partial charge in [0.25, 0.3) is 10.0 Å². The van der Waals surface area contributed by atoms with Crippen LogP contribution in [0, 0.1) is 6.92 Å². The molecule has 254 valence electrons. The Kier molecular flexibility index (Phi) is 13.0. The zero-order valence-electron chi connectivity index (χ0n) is 27.1. The molecule has 0 saturated carbocycles. The lowest BCUT2D eigenvalue weighted by Gasteiger charge is -2.34. The van der Waals surface area contributed by atoms with Crippen LogP contribution >= 0.6 is 39.1 Å². The molecule has 4 aromatic carbocycles. The molecule has 0 spiro atoms. The number of ether oxygens (including phenoxy) is 1. The van der Waals surface area contributed by atoms with Crippen molar-refractivity contribution in [2.75, 3.05) is 18.0 Å². The fraction of sp³-hybridized carbons (Fsp3) is 0.278. The average Bonchev–Trinajstić information content (AvgIpc) is 3.07. The lowest BCUT2D eigenvalue weighted by Crippen LogP contribution is -2.54. The molecule has 0 aliphatic rings. The summed E-state index contributed by atoms with van der Waals surface area (Å²) < 4.78 is 35.5. The third-order valence-corrected chi connectivity index (χ3v) is 11.0. The zero-order valence-corrected chi connectivity index (χ0v) is 31.0. The molecule has 48 heavy (non-hydrogen) atoms. The molecule has 0 heterocycles. The van der Waals surface area contributed by atoms with E-state index in [1.807, 2.05) is 51.1 Å². The van der Waals surface area contributed by atoms with Gasteiger partial charge < -0.3 is 15.0 Å². The van der Waals surface area contributed by atoms with Crippen molar-refractivity contribution in [3.63, 3.8) is 0 Å². The summed E-state index contributed by atoms with van der Waals surface area (Å²) in [6.07, 6.45) is 0.875. The first-order valence-electron chi connectivity index (χ1n) is 15.3. The monoisotopic (exact) mass is 773 g/mol. The van der Waals surface area contributed by atoms with Crippen LogP contribution in [0.3, 0.4) is 0 Å². The molecule has 0 aliphatic carbocycles. The molecule has 4 aromatic rings. The number of nitrogens with one attached hydrogen (secondary N) is 1. The Balaban J connectivity index is 1.83. The van der Waals surface area contributed by atoms with Gasteiger partial charge >= 0.3 is 0 Å². The molecule has 0 saturated heterocycles. The number of halogens is 3. The number of sulfonamides is 1. The SMILES string of the molecule is CC[C@H](C)NC(=O)[C@@H](Cc1ccccc1)N(Cc1ccc(Cl)c(Cl)c1)C(=O)CN(c1ccc(C)cc1)S(=O)(=O)c1ccc(OC)c(Br)c1. The normalized spacial score (nSPS) is 12.6. The Labute approximate surface area is 301 Å². The summed E-state index contributed by atoms with van der Waals surface area (Å²) in [6, 6.07) is 24.5. The largest absolute Gasteiger partial charge is 0.496 e. The maximum atomic E-state index is 14.6. The molecule has 4 rings (SSSR count). The number of nitrogens with zero attached hydrogens (tertiary/aromatic N) is 2. The van der Waals surface area contributed by atoms with E-state index in [4.69, 9.17) is 27.9 Å². The summed E-state index contributed by atoms with van der Waals surface area (Å²) >= 11 is 15.9. The van der Waals surface area contributed by atoms with E-state index in [0.29, 0.717) is 37.9 Å². The van der Waals surface area contributed by atoms with Gasteiger partial charge in [-0.25, -0.2) is 8.42 Å². The van der Waals surface area contributed by atoms with Gasteiger partial charge in [-0.1, -0.05) is 84.2 Å². The van der Waals surface area contributed by atoms with Crippen molar-refractivity contribution >= 4 is 66.7 Å². The van der Waals surface area contributed by atoms with Gasteiger partial charge in [0.1, 0.15) is 18.3 Å². The maximum Gasteiger partial charge on any atom is 0.264 e. The number of methoxy groups -OCH3 is 1. The Morgan fingerprint density at radius 2 is 1.60 bits per heavy atom. The zero-order chi connectivity index (χ0) is 35.0. The lowest BCUT2D eigenvalue weighted by atomic mass is 10.0. The van der Waals surface area contributed by atoms with E-state index in [1.54, 1.807) is 42.5 Å². The second-order valence-electron chi connectivity index (χ2n) is 11.4. The van der Waals surface area contributed by atoms with Crippen LogP contribution < -0.4 is 14.4 Å². The standard InChI is InChI=1S/C36H38BrCl2N3O5S/c1-5-25(3)40-36(44)33(20-26-9-7-6-8-10-26)41(22-27-13-17-31(38)32(39)19-27)35(43)23-42(28-14-11-24(2)12-15-28)48(45,46)29-16-18-34(47-4)30(37)21-29/h6-19,21,25,33H,5,20,22-23H2,1-4H3,(H,40,44)/t25-,33+/m0/s1. The van der Waals surface area contributed by atoms with Gasteiger partial charge in [0.2, 0.25) is 11.8 Å². The molecule has 0 fully saturated rings. The van der Waals surface area contributed by atoms with Crippen LogP contribution in [-0.4, -0.2) is 50.9 Å². The van der Waals surface area contributed by atoms with Gasteiger partial charge in [-0.05, 0) is 89.8 Å². The van der Waals surface area contributed by atoms with Crippen LogP contribution in [0.15, 0.2) is 100 Å². The number of rotatable bonds is 14. The lowest BCUT2D eigenvalue weighted by molar-refractivity contribution is -0.140. The quantitative estimate of drug-likeness (QED) is 0.141. The van der Waals surface area contributed by atoms with Crippen molar-refractivity contribution in [2.45, 2.75) is 57.1 Å². The van der Waals surface area contributed by atoms with Crippen molar-refractivity contribution in [3.8, 4) is 5.75 Å². The molecule has 2 amide bonds. The van der Waals surface area contributed by atoms with Crippen molar-refractivity contribution in [3.05, 3.63) is 122 Å². The van der Waals surface area contributed by atoms with Gasteiger partial charge in [0.05, 0.1) is 32.2 Å². The van der Waals surface area contributed by atoms with Crippen molar-refractivity contribution in [2.24, 2.45) is 0 Å². The van der Waals surface area contributed by atoms with E-state index in [9.17, 15) is 18.0 Å². The number of aryl methyl sites for hydroxylation is 1. The topological polar surface area (TPSA) is 96.0 Å². The van der Waals surface area contributed by atoms with E-state index in [-0.39, 0.29) is 29.8 Å². The second kappa shape index (κ2) is 16.7. The van der Waals surface area contributed by atoms with Gasteiger partial charge in [-0.15, -0.1) is 0 Å². The molecule has 12 heteroatoms. The minimum atomic E-state index is -4.29. The molecule has 0 bridgehead atoms. The fourth-order valence-corrected chi connectivity index (χ4v) is 7.46. The fourth-order valence-electron chi connectivity index (χ4n) is 5.00. The van der Waals surface area contributed by atoms with E-state index >= 15 is 0 Å². The molecule has 0 aromatic heterocycles. The predicted octanol–water partition coefficient (Wildman–Crippen LogP) is 7.82. The molecule has 1 N–H and O–H groups in total. The summed E-state index contributed by atoms with van der Waals surface area (Å²) in [5, 5.41) is 3.66. The van der Waals surface area contributed by atoms with Crippen LogP contribution in [0.2, 0.25) is 10.0 Å². The van der Waals surface area contributed by atoms with E-state index < -0.39 is 28.5 Å². The minimum absolute atomic E-state index is 0.0307. The number of anilines is 1. The highest BCUT2D eigenvalue weighted by atomic mass is 79.9. The highest BCUT2D eigenvalue weighted by molar-refractivity contribution is 9.10. The van der Waals surface area contributed by atoms with Crippen LogP contribution in [0.25, 0.3) is 0 Å².